The number of aromatic amines is 1. The first-order chi connectivity index (χ1) is 11.3. The van der Waals surface area contributed by atoms with Gasteiger partial charge < -0.3 is 4.98 Å². The van der Waals surface area contributed by atoms with Crippen LogP contribution in [-0.4, -0.2) is 15.6 Å². The summed E-state index contributed by atoms with van der Waals surface area (Å²) >= 11 is 7.10. The number of H-pyrrole nitrogens is 1. The third kappa shape index (κ3) is 3.83. The van der Waals surface area contributed by atoms with E-state index in [-0.39, 0.29) is 0 Å². The van der Waals surface area contributed by atoms with Crippen LogP contribution in [0.1, 0.15) is 36.8 Å². The molecule has 0 unspecified atom stereocenters. The number of hydrogen-bond acceptors (Lipinski definition) is 0. The molecule has 2 aromatic carbocycles. The Morgan fingerprint density at radius 2 is 1.48 bits per heavy atom. The number of benzene rings is 2. The van der Waals surface area contributed by atoms with Crippen LogP contribution in [0.4, 0.5) is 0 Å². The van der Waals surface area contributed by atoms with Crippen LogP contribution in [0.25, 0.3) is 21.8 Å². The lowest BCUT2D eigenvalue weighted by atomic mass is 9.95. The molecule has 0 atom stereocenters. The van der Waals surface area contributed by atoms with Crippen LogP contribution in [0.15, 0.2) is 36.4 Å². The highest BCUT2D eigenvalue weighted by Gasteiger charge is 2.12. The second-order valence-electron chi connectivity index (χ2n) is 6.09. The van der Waals surface area contributed by atoms with Gasteiger partial charge in [-0.1, -0.05) is 62.2 Å². The number of rotatable bonds is 8. The molecule has 3 rings (SSSR count). The zero-order valence-electron chi connectivity index (χ0n) is 13.4. The molecule has 0 radical (unpaired) electrons. The average molecular weight is 437 g/mol. The first kappa shape index (κ1) is 17.0. The predicted molar refractivity (Wildman–Crippen MR) is 109 cm³/mol. The van der Waals surface area contributed by atoms with Crippen LogP contribution in [0.2, 0.25) is 0 Å². The summed E-state index contributed by atoms with van der Waals surface area (Å²) in [7, 11) is 0. The van der Waals surface area contributed by atoms with E-state index in [0.717, 1.165) is 10.7 Å². The van der Waals surface area contributed by atoms with E-state index in [1.165, 1.54) is 71.5 Å². The molecule has 1 aromatic heterocycles. The van der Waals surface area contributed by atoms with Crippen molar-refractivity contribution in [3.05, 3.63) is 47.5 Å². The number of halogens is 2. The highest BCUT2D eigenvalue weighted by atomic mass is 79.9. The molecule has 0 aliphatic carbocycles. The topological polar surface area (TPSA) is 15.8 Å². The minimum absolute atomic E-state index is 1.09. The van der Waals surface area contributed by atoms with E-state index in [1.54, 1.807) is 0 Å². The van der Waals surface area contributed by atoms with E-state index in [4.69, 9.17) is 0 Å². The summed E-state index contributed by atoms with van der Waals surface area (Å²) in [5.41, 5.74) is 5.67. The number of para-hydroxylation sites is 1. The van der Waals surface area contributed by atoms with E-state index in [1.807, 2.05) is 0 Å². The highest BCUT2D eigenvalue weighted by Crippen LogP contribution is 2.31. The van der Waals surface area contributed by atoms with Crippen molar-refractivity contribution in [2.75, 3.05) is 10.7 Å². The summed E-state index contributed by atoms with van der Waals surface area (Å²) in [5.74, 6) is 0. The first-order valence-electron chi connectivity index (χ1n) is 8.48. The number of nitrogens with one attached hydrogen (secondary N) is 1. The van der Waals surface area contributed by atoms with Gasteiger partial charge in [0.05, 0.1) is 0 Å². The van der Waals surface area contributed by atoms with Gasteiger partial charge >= 0.3 is 0 Å². The molecule has 122 valence electrons. The summed E-state index contributed by atoms with van der Waals surface area (Å²) in [5, 5.41) is 4.91. The lowest BCUT2D eigenvalue weighted by molar-refractivity contribution is 0.770. The van der Waals surface area contributed by atoms with Crippen molar-refractivity contribution in [1.82, 2.24) is 4.98 Å². The van der Waals surface area contributed by atoms with Gasteiger partial charge in [-0.05, 0) is 55.7 Å². The lowest BCUT2D eigenvalue weighted by Crippen LogP contribution is -1.97. The van der Waals surface area contributed by atoms with Gasteiger partial charge in [0.25, 0.3) is 0 Å². The SMILES string of the molecule is BrCCCCc1ccc2c([nH]c3ccccc32)c1CCCCBr. The molecule has 1 nitrogen and oxygen atoms in total. The number of unbranched alkanes of at least 4 members (excludes halogenated alkanes) is 2. The Balaban J connectivity index is 2.03. The maximum atomic E-state index is 3.68. The Morgan fingerprint density at radius 1 is 0.739 bits per heavy atom. The molecule has 0 fully saturated rings. The molecule has 0 amide bonds. The second kappa shape index (κ2) is 8.34. The van der Waals surface area contributed by atoms with Crippen LogP contribution in [0.5, 0.6) is 0 Å². The van der Waals surface area contributed by atoms with Crippen LogP contribution < -0.4 is 0 Å². The van der Waals surface area contributed by atoms with Crippen molar-refractivity contribution in [1.29, 1.82) is 0 Å². The van der Waals surface area contributed by atoms with Crippen molar-refractivity contribution in [3.8, 4) is 0 Å². The fraction of sp³-hybridized carbons (Fsp3) is 0.400. The third-order valence-electron chi connectivity index (χ3n) is 4.53. The molecule has 3 aromatic rings. The minimum Gasteiger partial charge on any atom is -0.354 e. The van der Waals surface area contributed by atoms with Crippen LogP contribution in [0, 0.1) is 0 Å². The second-order valence-corrected chi connectivity index (χ2v) is 7.67. The quantitative estimate of drug-likeness (QED) is 0.296. The van der Waals surface area contributed by atoms with Gasteiger partial charge in [0.1, 0.15) is 0 Å². The van der Waals surface area contributed by atoms with E-state index in [2.05, 4.69) is 73.2 Å². The van der Waals surface area contributed by atoms with Crippen molar-refractivity contribution in [3.63, 3.8) is 0 Å². The minimum atomic E-state index is 1.09. The lowest BCUT2D eigenvalue weighted by Gasteiger charge is -2.11. The maximum Gasteiger partial charge on any atom is 0.0500 e. The van der Waals surface area contributed by atoms with Crippen LogP contribution in [-0.2, 0) is 12.8 Å². The van der Waals surface area contributed by atoms with E-state index < -0.39 is 0 Å². The Morgan fingerprint density at radius 3 is 2.26 bits per heavy atom. The number of aromatic nitrogens is 1. The van der Waals surface area contributed by atoms with Gasteiger partial charge in [0.2, 0.25) is 0 Å². The number of fused-ring (bicyclic) bond motifs is 3. The smallest absolute Gasteiger partial charge is 0.0500 e. The van der Waals surface area contributed by atoms with Gasteiger partial charge in [-0.3, -0.25) is 0 Å². The Hall–Kier alpha value is -0.800. The molecule has 23 heavy (non-hydrogen) atoms. The first-order valence-corrected chi connectivity index (χ1v) is 10.7. The number of aryl methyl sites for hydroxylation is 2. The van der Waals surface area contributed by atoms with Crippen molar-refractivity contribution in [2.24, 2.45) is 0 Å². The van der Waals surface area contributed by atoms with Crippen LogP contribution >= 0.6 is 31.9 Å². The van der Waals surface area contributed by atoms with Crippen molar-refractivity contribution >= 4 is 53.7 Å². The molecule has 0 saturated carbocycles. The predicted octanol–water partition coefficient (Wildman–Crippen LogP) is 6.76. The van der Waals surface area contributed by atoms with E-state index in [9.17, 15) is 0 Å². The molecule has 1 N–H and O–H groups in total. The van der Waals surface area contributed by atoms with Gasteiger partial charge in [0.15, 0.2) is 0 Å². The monoisotopic (exact) mass is 435 g/mol. The summed E-state index contributed by atoms with van der Waals surface area (Å²) < 4.78 is 0. The average Bonchev–Trinajstić information content (AvgIpc) is 2.95. The van der Waals surface area contributed by atoms with Gasteiger partial charge in [-0.2, -0.15) is 0 Å². The van der Waals surface area contributed by atoms with Gasteiger partial charge in [-0.25, -0.2) is 0 Å². The summed E-state index contributed by atoms with van der Waals surface area (Å²) in [6.45, 7) is 0. The van der Waals surface area contributed by atoms with E-state index in [0.29, 0.717) is 0 Å². The molecule has 0 spiro atoms. The number of hydrogen-bond donors (Lipinski definition) is 1. The molecule has 0 bridgehead atoms. The third-order valence-corrected chi connectivity index (χ3v) is 5.65. The molecule has 0 aliphatic rings. The standard InChI is InChI=1S/C20H23Br2N/c21-13-5-3-7-15-11-12-18-17-9-1-2-10-19(17)23-20(18)16(15)8-4-6-14-22/h1-2,9-12,23H,3-8,13-14H2. The fourth-order valence-electron chi connectivity index (χ4n) is 3.35. The molecular formula is C20H23Br2N. The van der Waals surface area contributed by atoms with Gasteiger partial charge in [-0.15, -0.1) is 0 Å². The van der Waals surface area contributed by atoms with Crippen molar-refractivity contribution < 1.29 is 0 Å². The van der Waals surface area contributed by atoms with Crippen LogP contribution in [0.3, 0.4) is 0 Å². The summed E-state index contributed by atoms with van der Waals surface area (Å²) in [4.78, 5) is 3.68. The fourth-order valence-corrected chi connectivity index (χ4v) is 4.14. The Bertz CT molecular complexity index is 776. The zero-order valence-corrected chi connectivity index (χ0v) is 16.5. The van der Waals surface area contributed by atoms with Crippen molar-refractivity contribution in [2.45, 2.75) is 38.5 Å². The Kier molecular flexibility index (Phi) is 6.18. The normalized spacial score (nSPS) is 11.6. The largest absolute Gasteiger partial charge is 0.354 e. The number of alkyl halides is 2. The van der Waals surface area contributed by atoms with E-state index >= 15 is 0 Å². The summed E-state index contributed by atoms with van der Waals surface area (Å²) in [6.07, 6.45) is 7.32. The molecule has 3 heteroatoms. The van der Waals surface area contributed by atoms with Gasteiger partial charge in [0, 0.05) is 32.5 Å². The maximum absolute atomic E-state index is 3.68. The zero-order chi connectivity index (χ0) is 16.1. The molecule has 1 heterocycles. The summed E-state index contributed by atoms with van der Waals surface area (Å²) in [6, 6.07) is 13.3. The molecular weight excluding hydrogens is 414 g/mol. The Labute approximate surface area is 155 Å². The molecule has 0 aliphatic heterocycles. The highest BCUT2D eigenvalue weighted by molar-refractivity contribution is 9.09. The molecule has 0 saturated heterocycles.